The van der Waals surface area contributed by atoms with Crippen molar-refractivity contribution in [3.05, 3.63) is 22.4 Å². The van der Waals surface area contributed by atoms with Crippen LogP contribution >= 0.6 is 11.3 Å². The number of hydrogen-bond donors (Lipinski definition) is 1. The topological polar surface area (TPSA) is 66.6 Å². The molecule has 0 aliphatic heterocycles. The van der Waals surface area contributed by atoms with Crippen molar-refractivity contribution in [3.8, 4) is 0 Å². The smallest absolute Gasteiger partial charge is 0.281 e. The van der Waals surface area contributed by atoms with E-state index in [2.05, 4.69) is 0 Å². The third kappa shape index (κ3) is 4.04. The zero-order chi connectivity index (χ0) is 12.9. The quantitative estimate of drug-likeness (QED) is 0.798. The Morgan fingerprint density at radius 1 is 1.35 bits per heavy atom. The first-order valence-corrected chi connectivity index (χ1v) is 7.71. The van der Waals surface area contributed by atoms with Gasteiger partial charge in [-0.3, -0.25) is 0 Å². The maximum atomic E-state index is 12.1. The summed E-state index contributed by atoms with van der Waals surface area (Å²) < 4.78 is 26.8. The lowest BCUT2D eigenvalue weighted by Gasteiger charge is -2.23. The molecular formula is C10H19N3O2S2. The molecule has 2 N–H and O–H groups in total. The van der Waals surface area contributed by atoms with Gasteiger partial charge >= 0.3 is 0 Å². The van der Waals surface area contributed by atoms with Crippen LogP contribution in [0.1, 0.15) is 12.0 Å². The lowest BCUT2D eigenvalue weighted by Crippen LogP contribution is -2.40. The van der Waals surface area contributed by atoms with E-state index >= 15 is 0 Å². The van der Waals surface area contributed by atoms with Gasteiger partial charge in [-0.15, -0.1) is 0 Å². The first kappa shape index (κ1) is 14.6. The van der Waals surface area contributed by atoms with Gasteiger partial charge < -0.3 is 5.73 Å². The first-order valence-electron chi connectivity index (χ1n) is 5.37. The van der Waals surface area contributed by atoms with Crippen molar-refractivity contribution in [1.82, 2.24) is 8.61 Å². The monoisotopic (exact) mass is 277 g/mol. The third-order valence-electron chi connectivity index (χ3n) is 2.45. The van der Waals surface area contributed by atoms with Crippen LogP contribution in [0, 0.1) is 0 Å². The van der Waals surface area contributed by atoms with Crippen molar-refractivity contribution in [2.45, 2.75) is 13.0 Å². The van der Waals surface area contributed by atoms with Crippen molar-refractivity contribution in [1.29, 1.82) is 0 Å². The molecule has 17 heavy (non-hydrogen) atoms. The zero-order valence-corrected chi connectivity index (χ0v) is 11.8. The molecule has 0 spiro atoms. The molecule has 0 saturated heterocycles. The number of rotatable bonds is 7. The van der Waals surface area contributed by atoms with Gasteiger partial charge in [0, 0.05) is 27.2 Å². The van der Waals surface area contributed by atoms with E-state index in [4.69, 9.17) is 5.73 Å². The number of thiophene rings is 1. The molecule has 5 nitrogen and oxygen atoms in total. The molecule has 0 unspecified atom stereocenters. The van der Waals surface area contributed by atoms with Crippen molar-refractivity contribution in [2.75, 3.05) is 27.2 Å². The molecule has 0 radical (unpaired) electrons. The summed E-state index contributed by atoms with van der Waals surface area (Å²) in [7, 11) is -0.204. The molecule has 7 heteroatoms. The van der Waals surface area contributed by atoms with Crippen LogP contribution in [0.4, 0.5) is 0 Å². The van der Waals surface area contributed by atoms with Gasteiger partial charge in [-0.05, 0) is 35.4 Å². The molecule has 0 amide bonds. The summed E-state index contributed by atoms with van der Waals surface area (Å²) in [5.41, 5.74) is 6.38. The van der Waals surface area contributed by atoms with Crippen LogP contribution in [0.5, 0.6) is 0 Å². The third-order valence-corrected chi connectivity index (χ3v) is 5.07. The molecule has 0 aromatic carbocycles. The lowest BCUT2D eigenvalue weighted by atomic mass is 10.3. The van der Waals surface area contributed by atoms with Crippen molar-refractivity contribution >= 4 is 21.5 Å². The molecule has 0 fully saturated rings. The normalized spacial score (nSPS) is 12.5. The highest BCUT2D eigenvalue weighted by atomic mass is 32.2. The van der Waals surface area contributed by atoms with Crippen LogP contribution in [0.25, 0.3) is 0 Å². The predicted molar refractivity (Wildman–Crippen MR) is 71.0 cm³/mol. The van der Waals surface area contributed by atoms with Crippen LogP contribution in [-0.4, -0.2) is 44.2 Å². The van der Waals surface area contributed by atoms with Crippen LogP contribution in [0.2, 0.25) is 0 Å². The number of nitrogens with zero attached hydrogens (tertiary/aromatic N) is 2. The molecule has 0 aliphatic rings. The average Bonchev–Trinajstić information content (AvgIpc) is 2.78. The van der Waals surface area contributed by atoms with Crippen molar-refractivity contribution < 1.29 is 8.42 Å². The summed E-state index contributed by atoms with van der Waals surface area (Å²) in [6, 6.07) is 1.93. The second kappa shape index (κ2) is 6.46. The lowest BCUT2D eigenvalue weighted by molar-refractivity contribution is 0.387. The second-order valence-electron chi connectivity index (χ2n) is 3.86. The minimum absolute atomic E-state index is 0.402. The Morgan fingerprint density at radius 2 is 2.06 bits per heavy atom. The standard InChI is InChI=1S/C10H19N3O2S2/c1-12(6-3-5-11)17(14,15)13(2)8-10-4-7-16-9-10/h4,7,9H,3,5-6,8,11H2,1-2H3. The van der Waals surface area contributed by atoms with Crippen molar-refractivity contribution in [2.24, 2.45) is 5.73 Å². The first-order chi connectivity index (χ1) is 7.98. The molecule has 1 rings (SSSR count). The predicted octanol–water partition coefficient (Wildman–Crippen LogP) is 0.705. The highest BCUT2D eigenvalue weighted by Crippen LogP contribution is 2.12. The van der Waals surface area contributed by atoms with Gasteiger partial charge in [0.1, 0.15) is 0 Å². The fourth-order valence-electron chi connectivity index (χ4n) is 1.39. The number of hydrogen-bond acceptors (Lipinski definition) is 4. The fraction of sp³-hybridized carbons (Fsp3) is 0.600. The summed E-state index contributed by atoms with van der Waals surface area (Å²) >= 11 is 1.56. The molecule has 1 aromatic rings. The van der Waals surface area contributed by atoms with E-state index in [1.165, 1.54) is 8.61 Å². The van der Waals surface area contributed by atoms with Gasteiger partial charge in [-0.2, -0.15) is 28.4 Å². The average molecular weight is 277 g/mol. The Balaban J connectivity index is 2.63. The van der Waals surface area contributed by atoms with Crippen LogP contribution < -0.4 is 5.73 Å². The van der Waals surface area contributed by atoms with E-state index < -0.39 is 10.2 Å². The molecule has 0 saturated carbocycles. The summed E-state index contributed by atoms with van der Waals surface area (Å²) in [5, 5.41) is 3.89. The van der Waals surface area contributed by atoms with Gasteiger partial charge in [0.25, 0.3) is 10.2 Å². The highest BCUT2D eigenvalue weighted by molar-refractivity contribution is 7.86. The Hall–Kier alpha value is -0.470. The molecule has 1 aromatic heterocycles. The maximum absolute atomic E-state index is 12.1. The molecule has 0 aliphatic carbocycles. The van der Waals surface area contributed by atoms with E-state index in [1.54, 1.807) is 25.4 Å². The SMILES string of the molecule is CN(CCCN)S(=O)(=O)N(C)Cc1ccsc1. The summed E-state index contributed by atoms with van der Waals surface area (Å²) in [4.78, 5) is 0. The summed E-state index contributed by atoms with van der Waals surface area (Å²) in [6.45, 7) is 1.35. The van der Waals surface area contributed by atoms with Gasteiger partial charge in [0.15, 0.2) is 0 Å². The van der Waals surface area contributed by atoms with Crippen molar-refractivity contribution in [3.63, 3.8) is 0 Å². The second-order valence-corrected chi connectivity index (χ2v) is 6.78. The minimum atomic E-state index is -3.37. The van der Waals surface area contributed by atoms with Gasteiger partial charge in [-0.25, -0.2) is 0 Å². The molecule has 0 atom stereocenters. The molecular weight excluding hydrogens is 258 g/mol. The van der Waals surface area contributed by atoms with E-state index in [1.807, 2.05) is 16.8 Å². The Morgan fingerprint density at radius 3 is 2.59 bits per heavy atom. The fourth-order valence-corrected chi connectivity index (χ4v) is 3.20. The molecule has 98 valence electrons. The van der Waals surface area contributed by atoms with E-state index in [0.717, 1.165) is 5.56 Å². The molecule has 0 bridgehead atoms. The Bertz CT molecular complexity index is 417. The van der Waals surface area contributed by atoms with Gasteiger partial charge in [-0.1, -0.05) is 0 Å². The molecule has 1 heterocycles. The van der Waals surface area contributed by atoms with Crippen LogP contribution in [0.15, 0.2) is 16.8 Å². The highest BCUT2D eigenvalue weighted by Gasteiger charge is 2.23. The summed E-state index contributed by atoms with van der Waals surface area (Å²) in [5.74, 6) is 0. The van der Waals surface area contributed by atoms with Crippen LogP contribution in [-0.2, 0) is 16.8 Å². The Kier molecular flexibility index (Phi) is 5.54. The van der Waals surface area contributed by atoms with Gasteiger partial charge in [0.05, 0.1) is 0 Å². The van der Waals surface area contributed by atoms with Crippen LogP contribution in [0.3, 0.4) is 0 Å². The van der Waals surface area contributed by atoms with Gasteiger partial charge in [0.2, 0.25) is 0 Å². The van der Waals surface area contributed by atoms with E-state index in [9.17, 15) is 8.42 Å². The Labute approximate surface area is 107 Å². The largest absolute Gasteiger partial charge is 0.330 e. The zero-order valence-electron chi connectivity index (χ0n) is 10.2. The maximum Gasteiger partial charge on any atom is 0.281 e. The minimum Gasteiger partial charge on any atom is -0.330 e. The number of nitrogens with two attached hydrogens (primary N) is 1. The van der Waals surface area contributed by atoms with E-state index in [-0.39, 0.29) is 0 Å². The summed E-state index contributed by atoms with van der Waals surface area (Å²) in [6.07, 6.45) is 0.669. The van der Waals surface area contributed by atoms with E-state index in [0.29, 0.717) is 26.1 Å².